The Morgan fingerprint density at radius 3 is 2.88 bits per heavy atom. The molecular weight excluding hydrogens is 418 g/mol. The highest BCUT2D eigenvalue weighted by Gasteiger charge is 2.39. The fourth-order valence-corrected chi connectivity index (χ4v) is 3.95. The lowest BCUT2D eigenvalue weighted by Crippen LogP contribution is -2.35. The first-order chi connectivity index (χ1) is 17.1. The van der Waals surface area contributed by atoms with Gasteiger partial charge in [-0.3, -0.25) is 4.79 Å². The molecule has 33 heavy (non-hydrogen) atoms. The van der Waals surface area contributed by atoms with Crippen molar-refractivity contribution in [2.24, 2.45) is 11.8 Å². The number of likely N-dealkylation sites (N-methyl/N-ethyl adjacent to an activating group) is 1. The van der Waals surface area contributed by atoms with Gasteiger partial charge in [-0.2, -0.15) is 0 Å². The molecule has 2 N–H and O–H groups in total. The summed E-state index contributed by atoms with van der Waals surface area (Å²) in [5.41, 5.74) is 2.16. The molecule has 168 valence electrons. The lowest BCUT2D eigenvalue weighted by molar-refractivity contribution is -0.117. The van der Waals surface area contributed by atoms with E-state index in [0.717, 1.165) is 18.7 Å². The van der Waals surface area contributed by atoms with Crippen LogP contribution < -0.4 is 20.3 Å². The summed E-state index contributed by atoms with van der Waals surface area (Å²) in [6.45, 7) is 2.30. The van der Waals surface area contributed by atoms with Gasteiger partial charge in [0.15, 0.2) is 17.4 Å². The summed E-state index contributed by atoms with van der Waals surface area (Å²) in [6.07, 6.45) is 4.03. The molecule has 0 radical (unpaired) electrons. The van der Waals surface area contributed by atoms with E-state index in [1.165, 1.54) is 6.20 Å². The maximum Gasteiger partial charge on any atom is 0.228 e. The van der Waals surface area contributed by atoms with Crippen LogP contribution in [-0.2, 0) is 4.79 Å². The van der Waals surface area contributed by atoms with Crippen LogP contribution in [0.1, 0.15) is 35.6 Å². The number of nitrogens with one attached hydrogen (secondary N) is 2. The van der Waals surface area contributed by atoms with E-state index < -0.39 is 6.98 Å². The van der Waals surface area contributed by atoms with Gasteiger partial charge in [0.2, 0.25) is 5.91 Å². The minimum absolute atomic E-state index is 0.0350. The van der Waals surface area contributed by atoms with Gasteiger partial charge in [0.05, 0.1) is 24.0 Å². The lowest BCUT2D eigenvalue weighted by atomic mass is 10.1. The highest BCUT2D eigenvalue weighted by atomic mass is 16.5. The molecule has 1 saturated carbocycles. The number of fused-ring (bicyclic) bond motifs is 2. The number of amides is 1. The van der Waals surface area contributed by atoms with Gasteiger partial charge in [0.25, 0.3) is 0 Å². The molecule has 1 fully saturated rings. The summed E-state index contributed by atoms with van der Waals surface area (Å²) in [7, 11) is 1.99. The number of rotatable bonds is 3. The van der Waals surface area contributed by atoms with Crippen LogP contribution in [0.5, 0.6) is 5.75 Å². The van der Waals surface area contributed by atoms with Crippen molar-refractivity contribution < 1.29 is 13.6 Å². The zero-order chi connectivity index (χ0) is 25.6. The Morgan fingerprint density at radius 2 is 2.09 bits per heavy atom. The van der Waals surface area contributed by atoms with Gasteiger partial charge < -0.3 is 20.3 Å². The van der Waals surface area contributed by atoms with E-state index in [0.29, 0.717) is 28.3 Å². The number of carbonyl (C=O) groups is 1. The summed E-state index contributed by atoms with van der Waals surface area (Å²) in [5.74, 6) is 7.33. The summed E-state index contributed by atoms with van der Waals surface area (Å²) in [5, 5.41) is 13.9. The molecule has 1 aliphatic carbocycles. The standard InChI is InChI=1S/C24H25N7O2/c1-13-7-17(13)24(32)28-21-9-18-15(10-27-23(25-3)22(18)30-29-21)5-6-16-8-19-20(11-26-16)33-14(2)12-31(19)4/h8-11,13-14,17H,7,12H2,1-4H3,(H,25,27)(H,28,29,32)/t13-,14?,17+/m1/s1/i3D3. The van der Waals surface area contributed by atoms with Crippen molar-refractivity contribution >= 4 is 34.1 Å². The van der Waals surface area contributed by atoms with Crippen molar-refractivity contribution in [3.63, 3.8) is 0 Å². The fourth-order valence-electron chi connectivity index (χ4n) is 3.95. The van der Waals surface area contributed by atoms with Crippen molar-refractivity contribution in [3.05, 3.63) is 35.8 Å². The first-order valence-corrected chi connectivity index (χ1v) is 10.7. The second-order valence-corrected chi connectivity index (χ2v) is 8.54. The van der Waals surface area contributed by atoms with E-state index >= 15 is 0 Å². The summed E-state index contributed by atoms with van der Waals surface area (Å²) in [4.78, 5) is 23.1. The molecule has 1 aliphatic heterocycles. The van der Waals surface area contributed by atoms with Crippen LogP contribution >= 0.6 is 0 Å². The van der Waals surface area contributed by atoms with Gasteiger partial charge in [-0.15, -0.1) is 10.2 Å². The van der Waals surface area contributed by atoms with Crippen molar-refractivity contribution in [1.29, 1.82) is 0 Å². The van der Waals surface area contributed by atoms with E-state index in [1.54, 1.807) is 12.3 Å². The molecule has 3 aromatic heterocycles. The third-order valence-electron chi connectivity index (χ3n) is 5.89. The maximum absolute atomic E-state index is 12.4. The van der Waals surface area contributed by atoms with Crippen LogP contribution in [0.2, 0.25) is 0 Å². The topological polar surface area (TPSA) is 105 Å². The molecule has 0 saturated heterocycles. The Hall–Kier alpha value is -3.93. The molecular formula is C24H25N7O2. The van der Waals surface area contributed by atoms with E-state index in [1.807, 2.05) is 27.0 Å². The largest absolute Gasteiger partial charge is 0.485 e. The Bertz CT molecular complexity index is 1420. The molecule has 0 bridgehead atoms. The van der Waals surface area contributed by atoms with Gasteiger partial charge in [0.1, 0.15) is 17.3 Å². The Kier molecular flexibility index (Phi) is 4.38. The quantitative estimate of drug-likeness (QED) is 0.592. The molecule has 4 heterocycles. The average Bonchev–Trinajstić information content (AvgIpc) is 3.54. The molecule has 3 atom stereocenters. The number of carbonyl (C=O) groups excluding carboxylic acids is 1. The lowest BCUT2D eigenvalue weighted by Gasteiger charge is -2.31. The summed E-state index contributed by atoms with van der Waals surface area (Å²) >= 11 is 0. The van der Waals surface area contributed by atoms with Crippen molar-refractivity contribution in [1.82, 2.24) is 20.2 Å². The second kappa shape index (κ2) is 8.20. The Morgan fingerprint density at radius 1 is 1.24 bits per heavy atom. The normalized spacial score (nSPS) is 22.6. The highest BCUT2D eigenvalue weighted by Crippen LogP contribution is 2.38. The average molecular weight is 447 g/mol. The molecule has 1 unspecified atom stereocenters. The molecule has 0 aromatic carbocycles. The fraction of sp³-hybridized carbons (Fsp3) is 0.375. The number of anilines is 3. The molecule has 9 nitrogen and oxygen atoms in total. The molecule has 0 spiro atoms. The SMILES string of the molecule is [2H]C([2H])([2H])Nc1ncc(C#Cc2cc3c(cn2)OC(C)CN3C)c2cc(NC(=O)[C@H]3C[C@H]3C)nnc12. The minimum Gasteiger partial charge on any atom is -0.485 e. The zero-order valence-corrected chi connectivity index (χ0v) is 18.5. The van der Waals surface area contributed by atoms with E-state index in [9.17, 15) is 4.79 Å². The number of hydrogen-bond acceptors (Lipinski definition) is 8. The third kappa shape index (κ3) is 4.12. The van der Waals surface area contributed by atoms with E-state index in [4.69, 9.17) is 8.85 Å². The predicted octanol–water partition coefficient (Wildman–Crippen LogP) is 2.67. The maximum atomic E-state index is 12.4. The molecule has 5 rings (SSSR count). The number of nitrogens with zero attached hydrogens (tertiary/aromatic N) is 5. The Labute approximate surface area is 196 Å². The Balaban J connectivity index is 1.52. The molecule has 2 aliphatic rings. The molecule has 1 amide bonds. The van der Waals surface area contributed by atoms with Crippen LogP contribution in [0, 0.1) is 23.7 Å². The first kappa shape index (κ1) is 17.6. The van der Waals surface area contributed by atoms with Gasteiger partial charge >= 0.3 is 0 Å². The third-order valence-corrected chi connectivity index (χ3v) is 5.89. The highest BCUT2D eigenvalue weighted by molar-refractivity contribution is 5.97. The number of pyridine rings is 2. The molecule has 3 aromatic rings. The number of aromatic nitrogens is 4. The van der Waals surface area contributed by atoms with Gasteiger partial charge in [-0.05, 0) is 37.3 Å². The van der Waals surface area contributed by atoms with Gasteiger partial charge in [0, 0.05) is 35.6 Å². The van der Waals surface area contributed by atoms with Crippen LogP contribution in [0.4, 0.5) is 17.3 Å². The number of hydrogen-bond donors (Lipinski definition) is 2. The number of ether oxygens (including phenoxy) is 1. The minimum atomic E-state index is -2.47. The predicted molar refractivity (Wildman–Crippen MR) is 126 cm³/mol. The van der Waals surface area contributed by atoms with Crippen LogP contribution in [-0.4, -0.2) is 52.7 Å². The van der Waals surface area contributed by atoms with Gasteiger partial charge in [-0.1, -0.05) is 12.8 Å². The van der Waals surface area contributed by atoms with Crippen LogP contribution in [0.25, 0.3) is 10.9 Å². The van der Waals surface area contributed by atoms with Crippen molar-refractivity contribution in [2.45, 2.75) is 26.4 Å². The monoisotopic (exact) mass is 446 g/mol. The van der Waals surface area contributed by atoms with E-state index in [2.05, 4.69) is 47.5 Å². The van der Waals surface area contributed by atoms with Gasteiger partial charge in [-0.25, -0.2) is 9.97 Å². The van der Waals surface area contributed by atoms with E-state index in [-0.39, 0.29) is 35.1 Å². The first-order valence-electron chi connectivity index (χ1n) is 12.2. The summed E-state index contributed by atoms with van der Waals surface area (Å²) < 4.78 is 28.4. The molecule has 9 heteroatoms. The zero-order valence-electron chi connectivity index (χ0n) is 21.5. The van der Waals surface area contributed by atoms with Crippen molar-refractivity contribution in [2.75, 3.05) is 36.1 Å². The smallest absolute Gasteiger partial charge is 0.228 e. The van der Waals surface area contributed by atoms with Crippen LogP contribution in [0.15, 0.2) is 24.5 Å². The summed E-state index contributed by atoms with van der Waals surface area (Å²) in [6, 6.07) is 3.49. The van der Waals surface area contributed by atoms with Crippen LogP contribution in [0.3, 0.4) is 0 Å². The second-order valence-electron chi connectivity index (χ2n) is 8.54. The van der Waals surface area contributed by atoms with Crippen molar-refractivity contribution in [3.8, 4) is 17.6 Å².